The molecule has 0 bridgehead atoms. The van der Waals surface area contributed by atoms with Gasteiger partial charge in [0.05, 0.1) is 34.0 Å². The standard InChI is InChI=1S/C37H46NO6P/c1-9-11-26-43-45(38(29(3)4)30(5)6)44-28-36(41-25-10-2)27-42-37(31-15-13-12-14-16-31,32-17-21-34(39-7)22-18-32)33-19-23-35(40-8)24-20-33/h1-2,12-24,29-30,36H,11,25-28H2,3-8H3. The highest BCUT2D eigenvalue weighted by Crippen LogP contribution is 2.46. The Morgan fingerprint density at radius 3 is 1.71 bits per heavy atom. The van der Waals surface area contributed by atoms with E-state index in [0.29, 0.717) is 13.0 Å². The van der Waals surface area contributed by atoms with Gasteiger partial charge in [0.25, 0.3) is 8.53 Å². The number of benzene rings is 3. The van der Waals surface area contributed by atoms with Crippen LogP contribution in [0.5, 0.6) is 11.5 Å². The Balaban J connectivity index is 2.02. The summed E-state index contributed by atoms with van der Waals surface area (Å²) < 4.78 is 39.0. The van der Waals surface area contributed by atoms with Crippen LogP contribution in [0, 0.1) is 24.7 Å². The van der Waals surface area contributed by atoms with Crippen LogP contribution in [0.15, 0.2) is 78.9 Å². The second kappa shape index (κ2) is 18.5. The summed E-state index contributed by atoms with van der Waals surface area (Å²) >= 11 is 0. The van der Waals surface area contributed by atoms with E-state index in [9.17, 15) is 0 Å². The van der Waals surface area contributed by atoms with Crippen molar-refractivity contribution in [2.24, 2.45) is 0 Å². The van der Waals surface area contributed by atoms with Gasteiger partial charge in [-0.3, -0.25) is 0 Å². The van der Waals surface area contributed by atoms with Gasteiger partial charge in [-0.05, 0) is 68.7 Å². The Kier molecular flexibility index (Phi) is 14.9. The Hall–Kier alpha value is -3.39. The summed E-state index contributed by atoms with van der Waals surface area (Å²) in [4.78, 5) is 0. The molecule has 45 heavy (non-hydrogen) atoms. The van der Waals surface area contributed by atoms with Crippen molar-refractivity contribution in [1.29, 1.82) is 0 Å². The van der Waals surface area contributed by atoms with Crippen molar-refractivity contribution in [3.8, 4) is 36.2 Å². The maximum Gasteiger partial charge on any atom is 0.259 e. The number of methoxy groups -OCH3 is 2. The fourth-order valence-corrected chi connectivity index (χ4v) is 6.71. The average molecular weight is 632 g/mol. The SMILES string of the molecule is C#CCCOP(OCC(COC(c1ccccc1)(c1ccc(OC)cc1)c1ccc(OC)cc1)OCC#C)N(C(C)C)C(C)C. The second-order valence-corrected chi connectivity index (χ2v) is 12.3. The predicted octanol–water partition coefficient (Wildman–Crippen LogP) is 7.43. The lowest BCUT2D eigenvalue weighted by atomic mass is 9.80. The first-order valence-electron chi connectivity index (χ1n) is 15.1. The molecule has 2 unspecified atom stereocenters. The summed E-state index contributed by atoms with van der Waals surface area (Å²) in [7, 11) is 1.88. The molecule has 0 spiro atoms. The first-order valence-corrected chi connectivity index (χ1v) is 16.2. The molecule has 3 rings (SSSR count). The van der Waals surface area contributed by atoms with Crippen molar-refractivity contribution in [2.75, 3.05) is 40.6 Å². The highest BCUT2D eigenvalue weighted by molar-refractivity contribution is 7.44. The van der Waals surface area contributed by atoms with Gasteiger partial charge in [-0.25, -0.2) is 4.67 Å². The second-order valence-electron chi connectivity index (χ2n) is 10.8. The fraction of sp³-hybridized carbons (Fsp3) is 0.405. The molecule has 3 aromatic carbocycles. The van der Waals surface area contributed by atoms with E-state index in [1.54, 1.807) is 14.2 Å². The van der Waals surface area contributed by atoms with E-state index in [4.69, 9.17) is 40.8 Å². The zero-order valence-corrected chi connectivity index (χ0v) is 28.2. The molecule has 0 aliphatic heterocycles. The summed E-state index contributed by atoms with van der Waals surface area (Å²) in [5, 5.41) is 0. The molecule has 8 heteroatoms. The smallest absolute Gasteiger partial charge is 0.259 e. The van der Waals surface area contributed by atoms with Gasteiger partial charge in [0.1, 0.15) is 29.8 Å². The maximum atomic E-state index is 7.05. The molecule has 240 valence electrons. The Labute approximate surface area is 271 Å². The lowest BCUT2D eigenvalue weighted by Crippen LogP contribution is -2.38. The minimum Gasteiger partial charge on any atom is -0.497 e. The average Bonchev–Trinajstić information content (AvgIpc) is 3.06. The van der Waals surface area contributed by atoms with Gasteiger partial charge in [0.15, 0.2) is 0 Å². The summed E-state index contributed by atoms with van der Waals surface area (Å²) in [5.74, 6) is 6.72. The largest absolute Gasteiger partial charge is 0.497 e. The highest BCUT2D eigenvalue weighted by atomic mass is 31.2. The van der Waals surface area contributed by atoms with Gasteiger partial charge in [-0.15, -0.1) is 18.8 Å². The molecule has 0 amide bonds. The highest BCUT2D eigenvalue weighted by Gasteiger charge is 2.39. The molecule has 2 atom stereocenters. The van der Waals surface area contributed by atoms with Gasteiger partial charge in [-0.1, -0.05) is 60.5 Å². The minimum atomic E-state index is -1.42. The van der Waals surface area contributed by atoms with Crippen molar-refractivity contribution < 1.29 is 28.0 Å². The van der Waals surface area contributed by atoms with Crippen LogP contribution >= 0.6 is 8.53 Å². The van der Waals surface area contributed by atoms with Crippen LogP contribution in [0.25, 0.3) is 0 Å². The third-order valence-corrected chi connectivity index (χ3v) is 9.20. The van der Waals surface area contributed by atoms with Crippen LogP contribution in [0.2, 0.25) is 0 Å². The molecule has 0 aromatic heterocycles. The third-order valence-electron chi connectivity index (χ3n) is 7.13. The first kappa shape index (κ1) is 36.1. The van der Waals surface area contributed by atoms with E-state index in [0.717, 1.165) is 28.2 Å². The topological polar surface area (TPSA) is 58.6 Å². The molecular weight excluding hydrogens is 585 g/mol. The van der Waals surface area contributed by atoms with Crippen molar-refractivity contribution in [1.82, 2.24) is 4.67 Å². The van der Waals surface area contributed by atoms with Crippen LogP contribution in [0.1, 0.15) is 50.8 Å². The molecule has 0 saturated carbocycles. The van der Waals surface area contributed by atoms with E-state index in [1.807, 2.05) is 66.7 Å². The molecular formula is C37H46NO6P. The maximum absolute atomic E-state index is 7.05. The fourth-order valence-electron chi connectivity index (χ4n) is 5.08. The van der Waals surface area contributed by atoms with Crippen molar-refractivity contribution in [3.63, 3.8) is 0 Å². The molecule has 0 N–H and O–H groups in total. The molecule has 0 aliphatic carbocycles. The van der Waals surface area contributed by atoms with E-state index in [1.165, 1.54) is 0 Å². The van der Waals surface area contributed by atoms with Crippen molar-refractivity contribution in [2.45, 2.75) is 57.9 Å². The van der Waals surface area contributed by atoms with Crippen molar-refractivity contribution >= 4 is 8.53 Å². The lowest BCUT2D eigenvalue weighted by molar-refractivity contribution is -0.0718. The van der Waals surface area contributed by atoms with Gasteiger partial charge in [0, 0.05) is 18.5 Å². The van der Waals surface area contributed by atoms with E-state index in [2.05, 4.69) is 56.3 Å². The summed E-state index contributed by atoms with van der Waals surface area (Å²) in [5.41, 5.74) is 1.78. The van der Waals surface area contributed by atoms with Crippen LogP contribution in [0.3, 0.4) is 0 Å². The van der Waals surface area contributed by atoms with Crippen LogP contribution in [0.4, 0.5) is 0 Å². The number of hydrogen-bond donors (Lipinski definition) is 0. The Morgan fingerprint density at radius 1 is 0.711 bits per heavy atom. The quantitative estimate of drug-likeness (QED) is 0.0590. The Morgan fingerprint density at radius 2 is 1.24 bits per heavy atom. The van der Waals surface area contributed by atoms with Gasteiger partial charge in [0.2, 0.25) is 0 Å². The molecule has 0 radical (unpaired) electrons. The van der Waals surface area contributed by atoms with Gasteiger partial charge < -0.3 is 28.0 Å². The molecule has 7 nitrogen and oxygen atoms in total. The van der Waals surface area contributed by atoms with E-state index < -0.39 is 20.2 Å². The van der Waals surface area contributed by atoms with Crippen LogP contribution in [-0.4, -0.2) is 63.5 Å². The summed E-state index contributed by atoms with van der Waals surface area (Å²) in [6.45, 7) is 9.37. The number of nitrogens with zero attached hydrogens (tertiary/aromatic N) is 1. The molecule has 3 aromatic rings. The molecule has 0 saturated heterocycles. The Bertz CT molecular complexity index is 1290. The zero-order chi connectivity index (χ0) is 32.7. The van der Waals surface area contributed by atoms with Crippen LogP contribution < -0.4 is 9.47 Å². The monoisotopic (exact) mass is 631 g/mol. The first-order chi connectivity index (χ1) is 21.8. The molecule has 0 heterocycles. The number of rotatable bonds is 19. The predicted molar refractivity (Wildman–Crippen MR) is 181 cm³/mol. The molecule has 0 aliphatic rings. The lowest BCUT2D eigenvalue weighted by Gasteiger charge is -2.38. The summed E-state index contributed by atoms with van der Waals surface area (Å²) in [6.07, 6.45) is 11.1. The number of ether oxygens (including phenoxy) is 4. The zero-order valence-electron chi connectivity index (χ0n) is 27.3. The normalized spacial score (nSPS) is 13.0. The minimum absolute atomic E-state index is 0.106. The van der Waals surface area contributed by atoms with E-state index in [-0.39, 0.29) is 31.9 Å². The number of hydrogen-bond acceptors (Lipinski definition) is 7. The molecule has 0 fully saturated rings. The third kappa shape index (κ3) is 9.80. The van der Waals surface area contributed by atoms with Gasteiger partial charge >= 0.3 is 0 Å². The summed E-state index contributed by atoms with van der Waals surface area (Å²) in [6, 6.07) is 26.3. The van der Waals surface area contributed by atoms with E-state index >= 15 is 0 Å². The number of terminal acetylenes is 2. The van der Waals surface area contributed by atoms with Gasteiger partial charge in [-0.2, -0.15) is 0 Å². The van der Waals surface area contributed by atoms with Crippen molar-refractivity contribution in [3.05, 3.63) is 95.6 Å². The van der Waals surface area contributed by atoms with Crippen LogP contribution in [-0.2, 0) is 24.1 Å².